The van der Waals surface area contributed by atoms with Gasteiger partial charge in [-0.2, -0.15) is 13.2 Å². The van der Waals surface area contributed by atoms with Gasteiger partial charge in [0.25, 0.3) is 11.8 Å². The fraction of sp³-hybridized carbons (Fsp3) is 0.0476. The van der Waals surface area contributed by atoms with Crippen LogP contribution in [0.25, 0.3) is 11.8 Å². The van der Waals surface area contributed by atoms with Crippen LogP contribution >= 0.6 is 0 Å². The molecule has 0 atom stereocenters. The van der Waals surface area contributed by atoms with E-state index < -0.39 is 23.6 Å². The Labute approximate surface area is 163 Å². The number of nitrogens with one attached hydrogen (secondary N) is 1. The minimum atomic E-state index is -4.47. The van der Waals surface area contributed by atoms with E-state index in [1.54, 1.807) is 48.7 Å². The van der Waals surface area contributed by atoms with Crippen LogP contribution in [0.3, 0.4) is 0 Å². The molecule has 0 saturated carbocycles. The quantitative estimate of drug-likeness (QED) is 0.537. The summed E-state index contributed by atoms with van der Waals surface area (Å²) >= 11 is 0. The van der Waals surface area contributed by atoms with E-state index >= 15 is 0 Å². The van der Waals surface area contributed by atoms with Gasteiger partial charge in [-0.3, -0.25) is 15.0 Å². The van der Waals surface area contributed by atoms with Gasteiger partial charge in [0.15, 0.2) is 0 Å². The highest BCUT2D eigenvalue weighted by molar-refractivity contribution is 6.31. The zero-order chi connectivity index (χ0) is 20.6. The van der Waals surface area contributed by atoms with Gasteiger partial charge in [-0.05, 0) is 48.5 Å². The summed E-state index contributed by atoms with van der Waals surface area (Å²) in [5, 5.41) is 1.13. The molecule has 29 heavy (non-hydrogen) atoms. The molecule has 0 spiro atoms. The molecule has 0 bridgehead atoms. The number of carbonyl (C=O) groups excluding carboxylic acids is 2. The molecule has 0 unspecified atom stereocenters. The van der Waals surface area contributed by atoms with E-state index in [9.17, 15) is 22.8 Å². The summed E-state index contributed by atoms with van der Waals surface area (Å²) in [5.41, 5.74) is 2.76. The Morgan fingerprint density at radius 1 is 0.862 bits per heavy atom. The number of para-hydroxylation sites is 1. The number of aromatic nitrogens is 1. The highest BCUT2D eigenvalue weighted by Gasteiger charge is 2.34. The van der Waals surface area contributed by atoms with Gasteiger partial charge in [-0.1, -0.05) is 24.3 Å². The first kappa shape index (κ1) is 18.5. The van der Waals surface area contributed by atoms with Gasteiger partial charge in [0.05, 0.1) is 11.3 Å². The number of anilines is 1. The first-order chi connectivity index (χ1) is 13.8. The SMILES string of the molecule is O=C1NN(c2ccccc2)C(=O)C1=Cc1cccn1-c1cccc(C(F)(F)F)c1. The normalized spacial score (nSPS) is 15.8. The number of alkyl halides is 3. The van der Waals surface area contributed by atoms with Gasteiger partial charge < -0.3 is 4.57 Å². The van der Waals surface area contributed by atoms with Crippen molar-refractivity contribution >= 4 is 23.6 Å². The van der Waals surface area contributed by atoms with Crippen molar-refractivity contribution in [1.29, 1.82) is 0 Å². The minimum absolute atomic E-state index is 0.110. The van der Waals surface area contributed by atoms with Gasteiger partial charge in [0, 0.05) is 17.6 Å². The minimum Gasteiger partial charge on any atom is -0.317 e. The zero-order valence-electron chi connectivity index (χ0n) is 14.9. The molecule has 2 amide bonds. The van der Waals surface area contributed by atoms with E-state index in [1.165, 1.54) is 22.8 Å². The fourth-order valence-corrected chi connectivity index (χ4v) is 3.04. The molecular formula is C21H14F3N3O2. The standard InChI is InChI=1S/C21H14F3N3O2/c22-21(23,24)14-6-4-9-16(12-14)26-11-5-10-17(26)13-18-19(28)25-27(20(18)29)15-7-2-1-3-8-15/h1-13H,(H,25,28). The van der Waals surface area contributed by atoms with Crippen LogP contribution in [0.1, 0.15) is 11.3 Å². The topological polar surface area (TPSA) is 54.3 Å². The van der Waals surface area contributed by atoms with Crippen molar-refractivity contribution in [2.45, 2.75) is 6.18 Å². The van der Waals surface area contributed by atoms with Gasteiger partial charge in [0.2, 0.25) is 0 Å². The molecule has 1 fully saturated rings. The lowest BCUT2D eigenvalue weighted by Gasteiger charge is -2.14. The van der Waals surface area contributed by atoms with E-state index in [-0.39, 0.29) is 11.3 Å². The van der Waals surface area contributed by atoms with Gasteiger partial charge in [-0.25, -0.2) is 5.01 Å². The maximum absolute atomic E-state index is 13.0. The smallest absolute Gasteiger partial charge is 0.317 e. The first-order valence-electron chi connectivity index (χ1n) is 8.62. The van der Waals surface area contributed by atoms with E-state index in [4.69, 9.17) is 0 Å². The van der Waals surface area contributed by atoms with Crippen molar-refractivity contribution < 1.29 is 22.8 Å². The third-order valence-electron chi connectivity index (χ3n) is 4.43. The number of rotatable bonds is 3. The second-order valence-corrected chi connectivity index (χ2v) is 6.33. The number of halogens is 3. The Balaban J connectivity index is 1.70. The number of hydrogen-bond donors (Lipinski definition) is 1. The summed E-state index contributed by atoms with van der Waals surface area (Å²) in [4.78, 5) is 25.0. The van der Waals surface area contributed by atoms with E-state index in [0.717, 1.165) is 17.1 Å². The number of benzene rings is 2. The second kappa shape index (κ2) is 6.97. The summed E-state index contributed by atoms with van der Waals surface area (Å²) in [6.45, 7) is 0. The summed E-state index contributed by atoms with van der Waals surface area (Å²) in [5.74, 6) is -1.13. The van der Waals surface area contributed by atoms with Gasteiger partial charge >= 0.3 is 6.18 Å². The maximum atomic E-state index is 13.0. The number of amides is 2. The third kappa shape index (κ3) is 3.52. The number of hydrogen-bond acceptors (Lipinski definition) is 2. The molecule has 146 valence electrons. The maximum Gasteiger partial charge on any atom is 0.416 e. The predicted octanol–water partition coefficient (Wildman–Crippen LogP) is 3.96. The molecule has 1 aromatic heterocycles. The Morgan fingerprint density at radius 2 is 1.59 bits per heavy atom. The molecule has 1 aliphatic rings. The summed E-state index contributed by atoms with van der Waals surface area (Å²) in [6, 6.07) is 16.6. The molecular weight excluding hydrogens is 383 g/mol. The Hall–Kier alpha value is -3.81. The third-order valence-corrected chi connectivity index (χ3v) is 4.43. The molecule has 0 aliphatic carbocycles. The van der Waals surface area contributed by atoms with Crippen LogP contribution in [0.2, 0.25) is 0 Å². The predicted molar refractivity (Wildman–Crippen MR) is 101 cm³/mol. The molecule has 1 aliphatic heterocycles. The van der Waals surface area contributed by atoms with Crippen molar-refractivity contribution in [3.63, 3.8) is 0 Å². The fourth-order valence-electron chi connectivity index (χ4n) is 3.04. The highest BCUT2D eigenvalue weighted by Crippen LogP contribution is 2.31. The number of carbonyl (C=O) groups is 2. The van der Waals surface area contributed by atoms with E-state index in [0.29, 0.717) is 11.4 Å². The molecule has 4 rings (SSSR count). The first-order valence-corrected chi connectivity index (χ1v) is 8.62. The number of nitrogens with zero attached hydrogens (tertiary/aromatic N) is 2. The lowest BCUT2D eigenvalue weighted by Crippen LogP contribution is -2.35. The molecule has 0 radical (unpaired) electrons. The van der Waals surface area contributed by atoms with Crippen LogP contribution in [-0.4, -0.2) is 16.4 Å². The van der Waals surface area contributed by atoms with Gasteiger partial charge in [0.1, 0.15) is 5.57 Å². The zero-order valence-corrected chi connectivity index (χ0v) is 14.9. The van der Waals surface area contributed by atoms with Crippen LogP contribution in [0, 0.1) is 0 Å². The Morgan fingerprint density at radius 3 is 2.31 bits per heavy atom. The largest absolute Gasteiger partial charge is 0.416 e. The average molecular weight is 397 g/mol. The molecule has 8 heteroatoms. The van der Waals surface area contributed by atoms with Crippen molar-refractivity contribution in [3.8, 4) is 5.69 Å². The van der Waals surface area contributed by atoms with E-state index in [1.807, 2.05) is 0 Å². The lowest BCUT2D eigenvalue weighted by atomic mass is 10.1. The van der Waals surface area contributed by atoms with Crippen LogP contribution in [0.4, 0.5) is 18.9 Å². The molecule has 1 N–H and O–H groups in total. The summed E-state index contributed by atoms with van der Waals surface area (Å²) in [6.07, 6.45) is -1.55. The molecule has 2 heterocycles. The molecule has 5 nitrogen and oxygen atoms in total. The Bertz CT molecular complexity index is 1120. The molecule has 2 aromatic carbocycles. The highest BCUT2D eigenvalue weighted by atomic mass is 19.4. The number of hydrazine groups is 1. The second-order valence-electron chi connectivity index (χ2n) is 6.33. The van der Waals surface area contributed by atoms with Crippen LogP contribution in [-0.2, 0) is 15.8 Å². The van der Waals surface area contributed by atoms with Crippen molar-refractivity contribution in [2.24, 2.45) is 0 Å². The Kier molecular flexibility index (Phi) is 4.46. The monoisotopic (exact) mass is 397 g/mol. The lowest BCUT2D eigenvalue weighted by molar-refractivity contribution is -0.137. The van der Waals surface area contributed by atoms with Crippen molar-refractivity contribution in [3.05, 3.63) is 89.8 Å². The van der Waals surface area contributed by atoms with Crippen LogP contribution in [0.5, 0.6) is 0 Å². The van der Waals surface area contributed by atoms with Crippen LogP contribution in [0.15, 0.2) is 78.5 Å². The van der Waals surface area contributed by atoms with Gasteiger partial charge in [-0.15, -0.1) is 0 Å². The van der Waals surface area contributed by atoms with E-state index in [2.05, 4.69) is 5.43 Å². The van der Waals surface area contributed by atoms with Crippen molar-refractivity contribution in [2.75, 3.05) is 5.01 Å². The molecule has 1 saturated heterocycles. The molecule has 3 aromatic rings. The van der Waals surface area contributed by atoms with Crippen molar-refractivity contribution in [1.82, 2.24) is 9.99 Å². The summed E-state index contributed by atoms with van der Waals surface area (Å²) in [7, 11) is 0. The summed E-state index contributed by atoms with van der Waals surface area (Å²) < 4.78 is 40.5. The van der Waals surface area contributed by atoms with Crippen LogP contribution < -0.4 is 10.4 Å². The average Bonchev–Trinajstić information content (AvgIpc) is 3.28.